The topological polar surface area (TPSA) is 42.0 Å². The largest absolute Gasteiger partial charge is 0.352 e. The molecule has 0 bridgehead atoms. The molecule has 0 aliphatic rings. The number of nitrogens with one attached hydrogen (secondary N) is 1. The summed E-state index contributed by atoms with van der Waals surface area (Å²) in [5, 5.41) is 2.23. The minimum absolute atomic E-state index is 0.149. The van der Waals surface area contributed by atoms with Gasteiger partial charge in [-0.05, 0) is 30.2 Å². The highest BCUT2D eigenvalue weighted by atomic mass is 35.5. The molecule has 0 saturated carbocycles. The molecule has 1 aromatic carbocycles. The molecule has 0 aliphatic heterocycles. The molecule has 1 aromatic heterocycles. The van der Waals surface area contributed by atoms with Gasteiger partial charge in [0.05, 0.1) is 5.56 Å². The van der Waals surface area contributed by atoms with Crippen molar-refractivity contribution in [1.82, 2.24) is 10.3 Å². The lowest BCUT2D eigenvalue weighted by atomic mass is 10.1. The highest BCUT2D eigenvalue weighted by Crippen LogP contribution is 2.14. The zero-order valence-electron chi connectivity index (χ0n) is 10.4. The Balaban J connectivity index is 1.92. The smallest absolute Gasteiger partial charge is 0.254 e. The van der Waals surface area contributed by atoms with Crippen LogP contribution in [0.25, 0.3) is 0 Å². The maximum Gasteiger partial charge on any atom is 0.254 e. The number of hydrogen-bond acceptors (Lipinski definition) is 2. The summed E-state index contributed by atoms with van der Waals surface area (Å²) in [7, 11) is 0. The average molecular weight is 297 g/mol. The van der Waals surface area contributed by atoms with Gasteiger partial charge in [0.25, 0.3) is 5.91 Å². The third-order valence-electron chi connectivity index (χ3n) is 2.70. The van der Waals surface area contributed by atoms with Gasteiger partial charge in [0.2, 0.25) is 0 Å². The van der Waals surface area contributed by atoms with Crippen LogP contribution in [0.4, 0.5) is 8.78 Å². The molecule has 3 nitrogen and oxygen atoms in total. The molecule has 20 heavy (non-hydrogen) atoms. The molecule has 104 valence electrons. The van der Waals surface area contributed by atoms with Crippen LogP contribution in [0.1, 0.15) is 15.9 Å². The molecule has 1 heterocycles. The predicted molar refractivity (Wildman–Crippen MR) is 71.6 cm³/mol. The second kappa shape index (κ2) is 6.43. The minimum atomic E-state index is -0.839. The molecule has 2 rings (SSSR count). The number of aromatic nitrogens is 1. The Bertz CT molecular complexity index is 617. The number of nitrogens with zero attached hydrogens (tertiary/aromatic N) is 1. The van der Waals surface area contributed by atoms with Crippen molar-refractivity contribution in [1.29, 1.82) is 0 Å². The molecular weight excluding hydrogens is 286 g/mol. The number of hydrogen-bond donors (Lipinski definition) is 1. The first kappa shape index (κ1) is 14.4. The van der Waals surface area contributed by atoms with Gasteiger partial charge in [-0.3, -0.25) is 4.79 Å². The number of rotatable bonds is 4. The third kappa shape index (κ3) is 3.51. The van der Waals surface area contributed by atoms with Crippen molar-refractivity contribution in [2.45, 2.75) is 6.42 Å². The van der Waals surface area contributed by atoms with Gasteiger partial charge in [0.15, 0.2) is 11.0 Å². The van der Waals surface area contributed by atoms with Gasteiger partial charge in [-0.2, -0.15) is 0 Å². The van der Waals surface area contributed by atoms with E-state index < -0.39 is 11.7 Å². The van der Waals surface area contributed by atoms with E-state index in [2.05, 4.69) is 10.3 Å². The fraction of sp³-hybridized carbons (Fsp3) is 0.143. The summed E-state index contributed by atoms with van der Waals surface area (Å²) >= 11 is 5.50. The number of benzene rings is 1. The zero-order valence-corrected chi connectivity index (χ0v) is 11.1. The van der Waals surface area contributed by atoms with E-state index in [4.69, 9.17) is 11.6 Å². The molecule has 1 amide bonds. The van der Waals surface area contributed by atoms with Crippen LogP contribution in [0.2, 0.25) is 5.15 Å². The molecule has 0 spiro atoms. The second-order valence-electron chi connectivity index (χ2n) is 4.10. The maximum atomic E-state index is 13.5. The van der Waals surface area contributed by atoms with E-state index in [1.807, 2.05) is 0 Å². The highest BCUT2D eigenvalue weighted by molar-refractivity contribution is 6.29. The molecule has 2 aromatic rings. The predicted octanol–water partition coefficient (Wildman–Crippen LogP) is 2.99. The van der Waals surface area contributed by atoms with Crippen LogP contribution in [0.15, 0.2) is 36.5 Å². The van der Waals surface area contributed by atoms with E-state index in [9.17, 15) is 13.6 Å². The van der Waals surface area contributed by atoms with Gasteiger partial charge in [-0.15, -0.1) is 0 Å². The Morgan fingerprint density at radius 1 is 1.20 bits per heavy atom. The van der Waals surface area contributed by atoms with Gasteiger partial charge >= 0.3 is 0 Å². The summed E-state index contributed by atoms with van der Waals surface area (Å²) in [6.07, 6.45) is 1.78. The molecule has 0 atom stereocenters. The first-order valence-corrected chi connectivity index (χ1v) is 6.28. The fourth-order valence-electron chi connectivity index (χ4n) is 1.66. The Morgan fingerprint density at radius 3 is 2.60 bits per heavy atom. The molecule has 0 unspecified atom stereocenters. The number of pyridine rings is 1. The van der Waals surface area contributed by atoms with Crippen molar-refractivity contribution < 1.29 is 13.6 Å². The Kier molecular flexibility index (Phi) is 4.63. The Hall–Kier alpha value is -2.01. The molecule has 0 aliphatic carbocycles. The first-order valence-electron chi connectivity index (χ1n) is 5.90. The summed E-state index contributed by atoms with van der Waals surface area (Å²) in [4.78, 5) is 15.3. The monoisotopic (exact) mass is 296 g/mol. The van der Waals surface area contributed by atoms with Crippen LogP contribution in [-0.4, -0.2) is 17.4 Å². The summed E-state index contributed by atoms with van der Waals surface area (Å²) in [6.45, 7) is 0.309. The Labute approximate surface area is 119 Å². The van der Waals surface area contributed by atoms with Crippen LogP contribution in [0, 0.1) is 11.6 Å². The minimum Gasteiger partial charge on any atom is -0.352 e. The van der Waals surface area contributed by atoms with E-state index >= 15 is 0 Å². The highest BCUT2D eigenvalue weighted by Gasteiger charge is 2.14. The third-order valence-corrected chi connectivity index (χ3v) is 2.97. The van der Waals surface area contributed by atoms with E-state index in [0.29, 0.717) is 13.0 Å². The number of carbonyl (C=O) groups excluding carboxylic acids is 1. The van der Waals surface area contributed by atoms with E-state index in [-0.39, 0.29) is 16.5 Å². The molecule has 0 radical (unpaired) electrons. The molecule has 1 N–H and O–H groups in total. The second-order valence-corrected chi connectivity index (χ2v) is 4.45. The zero-order chi connectivity index (χ0) is 14.5. The van der Waals surface area contributed by atoms with Crippen molar-refractivity contribution in [2.75, 3.05) is 6.54 Å². The number of halogens is 3. The van der Waals surface area contributed by atoms with E-state index in [1.165, 1.54) is 24.4 Å². The van der Waals surface area contributed by atoms with Crippen molar-refractivity contribution in [3.63, 3.8) is 0 Å². The van der Waals surface area contributed by atoms with Crippen molar-refractivity contribution in [2.24, 2.45) is 0 Å². The summed E-state index contributed by atoms with van der Waals surface area (Å²) in [6, 6.07) is 7.21. The van der Waals surface area contributed by atoms with Gasteiger partial charge < -0.3 is 5.32 Å². The fourth-order valence-corrected chi connectivity index (χ4v) is 1.82. The van der Waals surface area contributed by atoms with E-state index in [1.54, 1.807) is 12.1 Å². The average Bonchev–Trinajstić information content (AvgIpc) is 2.44. The van der Waals surface area contributed by atoms with Crippen molar-refractivity contribution >= 4 is 17.5 Å². The van der Waals surface area contributed by atoms with Crippen molar-refractivity contribution in [3.8, 4) is 0 Å². The van der Waals surface area contributed by atoms with Gasteiger partial charge in [-0.1, -0.05) is 23.7 Å². The lowest BCUT2D eigenvalue weighted by Crippen LogP contribution is -2.26. The van der Waals surface area contributed by atoms with E-state index in [0.717, 1.165) is 5.56 Å². The molecule has 0 saturated heterocycles. The summed E-state index contributed by atoms with van der Waals surface area (Å²) in [5.41, 5.74) is 0.726. The van der Waals surface area contributed by atoms with Gasteiger partial charge in [0, 0.05) is 12.7 Å². The summed E-state index contributed by atoms with van der Waals surface area (Å²) in [5.74, 6) is -1.71. The number of amides is 1. The van der Waals surface area contributed by atoms with Gasteiger partial charge in [-0.25, -0.2) is 13.8 Å². The molecule has 0 fully saturated rings. The van der Waals surface area contributed by atoms with Crippen LogP contribution in [0.3, 0.4) is 0 Å². The first-order chi connectivity index (χ1) is 9.58. The lowest BCUT2D eigenvalue weighted by molar-refractivity contribution is 0.0950. The van der Waals surface area contributed by atoms with Crippen LogP contribution < -0.4 is 5.32 Å². The normalized spacial score (nSPS) is 10.3. The SMILES string of the molecule is O=C(NCCc1ccc(F)cc1)c1ccnc(Cl)c1F. The standard InChI is InChI=1S/C14H11ClF2N2O/c15-13-12(17)11(6-8-18-13)14(20)19-7-5-9-1-3-10(16)4-2-9/h1-4,6,8H,5,7H2,(H,19,20). The molecular formula is C14H11ClF2N2O. The Morgan fingerprint density at radius 2 is 1.90 bits per heavy atom. The van der Waals surface area contributed by atoms with Crippen molar-refractivity contribution in [3.05, 3.63) is 64.4 Å². The molecule has 6 heteroatoms. The van der Waals surface area contributed by atoms with Gasteiger partial charge in [0.1, 0.15) is 5.82 Å². The quantitative estimate of drug-likeness (QED) is 0.881. The lowest BCUT2D eigenvalue weighted by Gasteiger charge is -2.06. The van der Waals surface area contributed by atoms with Crippen LogP contribution in [-0.2, 0) is 6.42 Å². The van der Waals surface area contributed by atoms with Crippen LogP contribution >= 0.6 is 11.6 Å². The maximum absolute atomic E-state index is 13.5. The number of carbonyl (C=O) groups is 1. The summed E-state index contributed by atoms with van der Waals surface area (Å²) < 4.78 is 26.3. The van der Waals surface area contributed by atoms with Crippen LogP contribution in [0.5, 0.6) is 0 Å².